The molecular weight excluding hydrogens is 449 g/mol. The zero-order valence-electron chi connectivity index (χ0n) is 17.0. The average molecular weight is 467 g/mol. The first kappa shape index (κ1) is 23.2. The van der Waals surface area contributed by atoms with Crippen LogP contribution in [0.15, 0.2) is 42.5 Å². The number of carbonyl (C=O) groups is 1. The highest BCUT2D eigenvalue weighted by atomic mass is 35.5. The molecule has 1 N–H and O–H groups in total. The van der Waals surface area contributed by atoms with Crippen LogP contribution in [0.25, 0.3) is 10.9 Å². The van der Waals surface area contributed by atoms with E-state index in [1.165, 1.54) is 23.7 Å². The molecule has 0 spiro atoms. The van der Waals surface area contributed by atoms with Crippen molar-refractivity contribution in [3.63, 3.8) is 0 Å². The normalized spacial score (nSPS) is 13.3. The van der Waals surface area contributed by atoms with Crippen LogP contribution in [0.3, 0.4) is 0 Å². The Morgan fingerprint density at radius 2 is 1.94 bits per heavy atom. The summed E-state index contributed by atoms with van der Waals surface area (Å²) in [7, 11) is 0. The van der Waals surface area contributed by atoms with Crippen molar-refractivity contribution >= 4 is 28.4 Å². The van der Waals surface area contributed by atoms with Gasteiger partial charge in [-0.2, -0.15) is 10.4 Å². The lowest BCUT2D eigenvalue weighted by Crippen LogP contribution is -2.48. The fraction of sp³-hybridized carbons (Fsp3) is 0.286. The van der Waals surface area contributed by atoms with Crippen LogP contribution in [-0.4, -0.2) is 34.2 Å². The molecule has 32 heavy (non-hydrogen) atoms. The minimum atomic E-state index is -4.83. The molecule has 1 aromatic heterocycles. The molecule has 0 aliphatic carbocycles. The van der Waals surface area contributed by atoms with Crippen LogP contribution in [0, 0.1) is 11.3 Å². The maximum absolute atomic E-state index is 12.6. The number of halogens is 4. The highest BCUT2D eigenvalue weighted by molar-refractivity contribution is 6.31. The van der Waals surface area contributed by atoms with Crippen molar-refractivity contribution in [3.8, 4) is 17.7 Å². The van der Waals surface area contributed by atoms with Crippen molar-refractivity contribution in [2.75, 3.05) is 6.61 Å². The molecule has 1 amide bonds. The molecule has 0 aliphatic rings. The van der Waals surface area contributed by atoms with Crippen LogP contribution >= 0.6 is 11.6 Å². The fourth-order valence-electron chi connectivity index (χ4n) is 3.01. The molecule has 3 aromatic rings. The van der Waals surface area contributed by atoms with Gasteiger partial charge in [-0.15, -0.1) is 13.2 Å². The summed E-state index contributed by atoms with van der Waals surface area (Å²) < 4.78 is 47.8. The second-order valence-electron chi connectivity index (χ2n) is 7.03. The summed E-state index contributed by atoms with van der Waals surface area (Å²) in [5, 5.41) is 17.9. The number of nitriles is 1. The third kappa shape index (κ3) is 5.42. The predicted molar refractivity (Wildman–Crippen MR) is 111 cm³/mol. The first-order valence-electron chi connectivity index (χ1n) is 9.42. The monoisotopic (exact) mass is 466 g/mol. The lowest BCUT2D eigenvalue weighted by molar-refractivity contribution is -0.274. The van der Waals surface area contributed by atoms with E-state index in [1.807, 2.05) is 6.07 Å². The van der Waals surface area contributed by atoms with Gasteiger partial charge in [-0.25, -0.2) is 4.68 Å². The van der Waals surface area contributed by atoms with Crippen molar-refractivity contribution in [2.24, 2.45) is 0 Å². The summed E-state index contributed by atoms with van der Waals surface area (Å²) in [5.41, 5.74) is -0.746. The number of ether oxygens (including phenoxy) is 2. The van der Waals surface area contributed by atoms with Gasteiger partial charge in [0, 0.05) is 10.6 Å². The highest BCUT2D eigenvalue weighted by Crippen LogP contribution is 2.30. The van der Waals surface area contributed by atoms with Gasteiger partial charge >= 0.3 is 6.36 Å². The highest BCUT2D eigenvalue weighted by Gasteiger charge is 2.32. The van der Waals surface area contributed by atoms with Crippen LogP contribution in [0.4, 0.5) is 13.2 Å². The Hall–Kier alpha value is -3.45. The minimum Gasteiger partial charge on any atom is -0.478 e. The minimum absolute atomic E-state index is 0.0495. The Bertz CT molecular complexity index is 1170. The van der Waals surface area contributed by atoms with Gasteiger partial charge in [0.1, 0.15) is 11.3 Å². The Labute approximate surface area is 186 Å². The summed E-state index contributed by atoms with van der Waals surface area (Å²) in [6, 6.07) is 11.5. The molecule has 11 heteroatoms. The van der Waals surface area contributed by atoms with Crippen molar-refractivity contribution in [1.82, 2.24) is 15.1 Å². The van der Waals surface area contributed by atoms with Crippen molar-refractivity contribution in [2.45, 2.75) is 32.3 Å². The van der Waals surface area contributed by atoms with Gasteiger partial charge in [-0.05, 0) is 56.3 Å². The molecule has 0 saturated heterocycles. The molecule has 0 saturated carbocycles. The molecular formula is C21H18ClF3N4O3. The van der Waals surface area contributed by atoms with E-state index in [9.17, 15) is 23.2 Å². The zero-order valence-corrected chi connectivity index (χ0v) is 17.8. The van der Waals surface area contributed by atoms with Crippen molar-refractivity contribution in [3.05, 3.63) is 53.1 Å². The standard InChI is InChI=1S/C21H18ClF3N4O3/c1-3-31-19-16-10-14(22)6-9-17(16)28-29(19)12-20(2,11-26)27-18(30)13-4-7-15(8-5-13)32-21(23,24)25/h4-10H,3,12H2,1-2H3,(H,27,30). The number of nitrogens with zero attached hydrogens (tertiary/aromatic N) is 3. The maximum Gasteiger partial charge on any atom is 0.573 e. The molecule has 168 valence electrons. The second-order valence-corrected chi connectivity index (χ2v) is 7.46. The smallest absolute Gasteiger partial charge is 0.478 e. The van der Waals surface area contributed by atoms with E-state index in [-0.39, 0.29) is 12.1 Å². The SMILES string of the molecule is CCOc1c2cc(Cl)ccc2nn1CC(C)(C#N)NC(=O)c1ccc(OC(F)(F)F)cc1. The average Bonchev–Trinajstić information content (AvgIpc) is 3.03. The lowest BCUT2D eigenvalue weighted by Gasteiger charge is -2.24. The topological polar surface area (TPSA) is 89.2 Å². The van der Waals surface area contributed by atoms with E-state index in [4.69, 9.17) is 16.3 Å². The summed E-state index contributed by atoms with van der Waals surface area (Å²) in [6.45, 7) is 3.59. The van der Waals surface area contributed by atoms with Crippen LogP contribution in [0.1, 0.15) is 24.2 Å². The van der Waals surface area contributed by atoms with E-state index in [0.29, 0.717) is 28.4 Å². The third-order valence-electron chi connectivity index (χ3n) is 4.39. The van der Waals surface area contributed by atoms with Gasteiger partial charge in [-0.1, -0.05) is 11.6 Å². The number of fused-ring (bicyclic) bond motifs is 1. The number of rotatable bonds is 7. The zero-order chi connectivity index (χ0) is 23.5. The number of alkyl halides is 3. The molecule has 1 atom stereocenters. The molecule has 2 aromatic carbocycles. The number of amides is 1. The first-order chi connectivity index (χ1) is 15.0. The lowest BCUT2D eigenvalue weighted by atomic mass is 10.0. The molecule has 1 unspecified atom stereocenters. The molecule has 0 fully saturated rings. The number of aromatic nitrogens is 2. The van der Waals surface area contributed by atoms with Gasteiger partial charge in [0.2, 0.25) is 5.88 Å². The molecule has 0 radical (unpaired) electrons. The van der Waals surface area contributed by atoms with Crippen molar-refractivity contribution < 1.29 is 27.4 Å². The number of hydrogen-bond acceptors (Lipinski definition) is 5. The van der Waals surface area contributed by atoms with Crippen LogP contribution in [-0.2, 0) is 6.54 Å². The number of hydrogen-bond donors (Lipinski definition) is 1. The quantitative estimate of drug-likeness (QED) is 0.545. The summed E-state index contributed by atoms with van der Waals surface area (Å²) in [6.07, 6.45) is -4.83. The Morgan fingerprint density at radius 1 is 1.25 bits per heavy atom. The number of carbonyl (C=O) groups excluding carboxylic acids is 1. The summed E-state index contributed by atoms with van der Waals surface area (Å²) in [4.78, 5) is 12.6. The van der Waals surface area contributed by atoms with Crippen LogP contribution in [0.2, 0.25) is 5.02 Å². The molecule has 0 bridgehead atoms. The van der Waals surface area contributed by atoms with Gasteiger partial charge in [0.25, 0.3) is 5.91 Å². The Morgan fingerprint density at radius 3 is 2.53 bits per heavy atom. The van der Waals surface area contributed by atoms with Crippen LogP contribution in [0.5, 0.6) is 11.6 Å². The van der Waals surface area contributed by atoms with E-state index < -0.39 is 23.6 Å². The predicted octanol–water partition coefficient (Wildman–Crippen LogP) is 4.70. The molecule has 1 heterocycles. The van der Waals surface area contributed by atoms with Gasteiger partial charge in [0.05, 0.1) is 30.1 Å². The maximum atomic E-state index is 12.6. The largest absolute Gasteiger partial charge is 0.573 e. The number of benzene rings is 2. The second kappa shape index (κ2) is 8.96. The van der Waals surface area contributed by atoms with Gasteiger partial charge in [0.15, 0.2) is 0 Å². The van der Waals surface area contributed by atoms with E-state index in [0.717, 1.165) is 12.1 Å². The van der Waals surface area contributed by atoms with E-state index in [2.05, 4.69) is 15.2 Å². The van der Waals surface area contributed by atoms with E-state index in [1.54, 1.807) is 25.1 Å². The Balaban J connectivity index is 1.82. The molecule has 0 aliphatic heterocycles. The summed E-state index contributed by atoms with van der Waals surface area (Å²) in [5.74, 6) is -0.708. The van der Waals surface area contributed by atoms with Crippen molar-refractivity contribution in [1.29, 1.82) is 5.26 Å². The van der Waals surface area contributed by atoms with Crippen LogP contribution < -0.4 is 14.8 Å². The third-order valence-corrected chi connectivity index (χ3v) is 4.62. The summed E-state index contributed by atoms with van der Waals surface area (Å²) >= 11 is 6.07. The van der Waals surface area contributed by atoms with Gasteiger partial charge in [-0.3, -0.25) is 4.79 Å². The Kier molecular flexibility index (Phi) is 6.50. The van der Waals surface area contributed by atoms with E-state index >= 15 is 0 Å². The van der Waals surface area contributed by atoms with Gasteiger partial charge < -0.3 is 14.8 Å². The number of nitrogens with one attached hydrogen (secondary N) is 1. The molecule has 3 rings (SSSR count). The molecule has 7 nitrogen and oxygen atoms in total. The fourth-order valence-corrected chi connectivity index (χ4v) is 3.18. The first-order valence-corrected chi connectivity index (χ1v) is 9.80.